The Morgan fingerprint density at radius 1 is 0.943 bits per heavy atom. The van der Waals surface area contributed by atoms with Crippen molar-refractivity contribution < 1.29 is 22.7 Å². The summed E-state index contributed by atoms with van der Waals surface area (Å²) < 4.78 is 39.5. The third-order valence-corrected chi connectivity index (χ3v) is 7.07. The molecular formula is C26H29N3O5S. The number of likely N-dealkylation sites (N-methyl/N-ethyl adjacent to an activating group) is 1. The molecule has 0 aromatic heterocycles. The third-order valence-electron chi connectivity index (χ3n) is 5.69. The van der Waals surface area contributed by atoms with Crippen molar-refractivity contribution >= 4 is 21.6 Å². The molecule has 3 aromatic rings. The molecule has 2 N–H and O–H groups in total. The van der Waals surface area contributed by atoms with Crippen molar-refractivity contribution in [3.05, 3.63) is 83.9 Å². The van der Waals surface area contributed by atoms with Crippen LogP contribution >= 0.6 is 0 Å². The minimum Gasteiger partial charge on any atom is -0.490 e. The van der Waals surface area contributed by atoms with Crippen LogP contribution in [0.2, 0.25) is 0 Å². The molecule has 0 bridgehead atoms. The molecule has 35 heavy (non-hydrogen) atoms. The monoisotopic (exact) mass is 495 g/mol. The van der Waals surface area contributed by atoms with Crippen LogP contribution in [0.15, 0.2) is 77.7 Å². The molecule has 0 radical (unpaired) electrons. The van der Waals surface area contributed by atoms with Crippen molar-refractivity contribution in [2.24, 2.45) is 0 Å². The van der Waals surface area contributed by atoms with E-state index in [9.17, 15) is 13.2 Å². The van der Waals surface area contributed by atoms with Crippen molar-refractivity contribution in [1.29, 1.82) is 0 Å². The van der Waals surface area contributed by atoms with E-state index in [1.165, 1.54) is 12.1 Å². The summed E-state index contributed by atoms with van der Waals surface area (Å²) in [6.07, 6.45) is 0.733. The second kappa shape index (κ2) is 10.8. The van der Waals surface area contributed by atoms with E-state index in [-0.39, 0.29) is 16.8 Å². The van der Waals surface area contributed by atoms with Gasteiger partial charge >= 0.3 is 0 Å². The van der Waals surface area contributed by atoms with E-state index in [0.717, 1.165) is 12.0 Å². The molecule has 1 aliphatic heterocycles. The minimum atomic E-state index is -3.85. The highest BCUT2D eigenvalue weighted by Crippen LogP contribution is 2.32. The summed E-state index contributed by atoms with van der Waals surface area (Å²) in [4.78, 5) is 14.8. The van der Waals surface area contributed by atoms with Gasteiger partial charge in [-0.2, -0.15) is 0 Å². The Balaban J connectivity index is 1.40. The maximum atomic E-state index is 12.9. The van der Waals surface area contributed by atoms with Crippen molar-refractivity contribution in [2.45, 2.75) is 17.4 Å². The molecule has 4 rings (SSSR count). The average molecular weight is 496 g/mol. The van der Waals surface area contributed by atoms with Crippen molar-refractivity contribution in [2.75, 3.05) is 38.6 Å². The molecule has 0 spiro atoms. The van der Waals surface area contributed by atoms with Crippen LogP contribution in [-0.4, -0.2) is 53.1 Å². The highest BCUT2D eigenvalue weighted by Gasteiger charge is 2.20. The van der Waals surface area contributed by atoms with Gasteiger partial charge in [0.1, 0.15) is 0 Å². The number of carbonyl (C=O) groups is 1. The van der Waals surface area contributed by atoms with E-state index in [4.69, 9.17) is 9.47 Å². The maximum absolute atomic E-state index is 12.9. The average Bonchev–Trinajstić information content (AvgIpc) is 3.10. The Morgan fingerprint density at radius 3 is 2.31 bits per heavy atom. The summed E-state index contributed by atoms with van der Waals surface area (Å²) in [5, 5.41) is 2.96. The summed E-state index contributed by atoms with van der Waals surface area (Å²) in [7, 11) is 0.0874. The topological polar surface area (TPSA) is 97.0 Å². The lowest BCUT2D eigenvalue weighted by Gasteiger charge is -2.25. The number of benzene rings is 3. The van der Waals surface area contributed by atoms with E-state index in [2.05, 4.69) is 10.0 Å². The van der Waals surface area contributed by atoms with Crippen LogP contribution in [0.1, 0.15) is 28.4 Å². The second-order valence-corrected chi connectivity index (χ2v) is 10.1. The summed E-state index contributed by atoms with van der Waals surface area (Å²) in [6.45, 7) is 1.43. The number of nitrogens with one attached hydrogen (secondary N) is 2. The molecular weight excluding hydrogens is 466 g/mol. The molecule has 0 aliphatic carbocycles. The molecule has 0 fully saturated rings. The van der Waals surface area contributed by atoms with E-state index in [1.807, 2.05) is 49.3 Å². The normalized spacial score (nSPS) is 14.1. The third kappa shape index (κ3) is 6.12. The van der Waals surface area contributed by atoms with E-state index in [1.54, 1.807) is 30.3 Å². The largest absolute Gasteiger partial charge is 0.490 e. The van der Waals surface area contributed by atoms with Crippen LogP contribution in [0.4, 0.5) is 5.69 Å². The molecule has 1 aliphatic rings. The van der Waals surface area contributed by atoms with E-state index >= 15 is 0 Å². The fraction of sp³-hybridized carbons (Fsp3) is 0.269. The van der Waals surface area contributed by atoms with Crippen LogP contribution in [0.3, 0.4) is 0 Å². The molecule has 8 nitrogen and oxygen atoms in total. The van der Waals surface area contributed by atoms with Crippen LogP contribution in [0.25, 0.3) is 0 Å². The highest BCUT2D eigenvalue weighted by atomic mass is 32.2. The number of carbonyl (C=O) groups excluding carboxylic acids is 1. The van der Waals surface area contributed by atoms with Gasteiger partial charge in [0.2, 0.25) is 0 Å². The Morgan fingerprint density at radius 2 is 1.63 bits per heavy atom. The zero-order chi connectivity index (χ0) is 24.8. The lowest BCUT2D eigenvalue weighted by atomic mass is 10.1. The minimum absolute atomic E-state index is 0.0292. The van der Waals surface area contributed by atoms with E-state index < -0.39 is 10.0 Å². The van der Waals surface area contributed by atoms with Gasteiger partial charge in [0.25, 0.3) is 15.9 Å². The van der Waals surface area contributed by atoms with Gasteiger partial charge in [-0.3, -0.25) is 9.52 Å². The van der Waals surface area contributed by atoms with Gasteiger partial charge in [0.05, 0.1) is 24.2 Å². The van der Waals surface area contributed by atoms with Crippen molar-refractivity contribution in [3.8, 4) is 11.5 Å². The van der Waals surface area contributed by atoms with Crippen molar-refractivity contribution in [1.82, 2.24) is 10.2 Å². The molecule has 9 heteroatoms. The Bertz CT molecular complexity index is 1260. The number of fused-ring (bicyclic) bond motifs is 1. The molecule has 3 aromatic carbocycles. The number of ether oxygens (including phenoxy) is 2. The first-order valence-corrected chi connectivity index (χ1v) is 12.8. The standard InChI is InChI=1S/C26H29N3O5S/c1-29(2)23(19-7-4-3-5-8-19)18-27-26(30)20-9-11-21(12-10-20)28-35(31,32)22-13-14-24-25(17-22)34-16-6-15-33-24/h3-5,7-14,17,23,28H,6,15-16,18H2,1-2H3,(H,27,30). The molecule has 1 amide bonds. The van der Waals surface area contributed by atoms with Gasteiger partial charge in [-0.05, 0) is 56.1 Å². The summed E-state index contributed by atoms with van der Waals surface area (Å²) >= 11 is 0. The van der Waals surface area contributed by atoms with Crippen LogP contribution in [0.5, 0.6) is 11.5 Å². The second-order valence-electron chi connectivity index (χ2n) is 8.44. The predicted molar refractivity (Wildman–Crippen MR) is 135 cm³/mol. The van der Waals surface area contributed by atoms with Gasteiger partial charge in [0.15, 0.2) is 11.5 Å². The van der Waals surface area contributed by atoms with Crippen LogP contribution in [-0.2, 0) is 10.0 Å². The fourth-order valence-electron chi connectivity index (χ4n) is 3.78. The number of hydrogen-bond donors (Lipinski definition) is 2. The zero-order valence-corrected chi connectivity index (χ0v) is 20.5. The fourth-order valence-corrected chi connectivity index (χ4v) is 4.85. The Kier molecular flexibility index (Phi) is 7.57. The van der Waals surface area contributed by atoms with Gasteiger partial charge in [-0.25, -0.2) is 8.42 Å². The van der Waals surface area contributed by atoms with Crippen molar-refractivity contribution in [3.63, 3.8) is 0 Å². The summed E-state index contributed by atoms with van der Waals surface area (Å²) in [6, 6.07) is 20.8. The summed E-state index contributed by atoms with van der Waals surface area (Å²) in [5.74, 6) is 0.703. The highest BCUT2D eigenvalue weighted by molar-refractivity contribution is 7.92. The molecule has 1 unspecified atom stereocenters. The Labute approximate surface area is 205 Å². The van der Waals surface area contributed by atoms with Crippen LogP contribution < -0.4 is 19.5 Å². The van der Waals surface area contributed by atoms with Gasteiger partial charge in [-0.15, -0.1) is 0 Å². The van der Waals surface area contributed by atoms with E-state index in [0.29, 0.717) is 42.5 Å². The molecule has 0 saturated carbocycles. The smallest absolute Gasteiger partial charge is 0.262 e. The van der Waals surface area contributed by atoms with Gasteiger partial charge in [-0.1, -0.05) is 30.3 Å². The predicted octanol–water partition coefficient (Wildman–Crippen LogP) is 3.68. The Hall–Kier alpha value is -3.56. The SMILES string of the molecule is CN(C)C(CNC(=O)c1ccc(NS(=O)(=O)c2ccc3c(c2)OCCCO3)cc1)c1ccccc1. The molecule has 184 valence electrons. The number of rotatable bonds is 8. The first-order chi connectivity index (χ1) is 16.8. The lowest BCUT2D eigenvalue weighted by molar-refractivity contribution is 0.0942. The number of amides is 1. The number of nitrogens with zero attached hydrogens (tertiary/aromatic N) is 1. The zero-order valence-electron chi connectivity index (χ0n) is 19.7. The van der Waals surface area contributed by atoms with Gasteiger partial charge in [0, 0.05) is 30.3 Å². The summed E-state index contributed by atoms with van der Waals surface area (Å²) in [5.41, 5.74) is 1.90. The van der Waals surface area contributed by atoms with Crippen LogP contribution in [0, 0.1) is 0 Å². The lowest BCUT2D eigenvalue weighted by Crippen LogP contribution is -2.34. The first-order valence-electron chi connectivity index (χ1n) is 11.4. The molecule has 1 atom stereocenters. The molecule has 0 saturated heterocycles. The van der Waals surface area contributed by atoms with Gasteiger partial charge < -0.3 is 19.7 Å². The maximum Gasteiger partial charge on any atom is 0.262 e. The quantitative estimate of drug-likeness (QED) is 0.495. The number of anilines is 1. The number of hydrogen-bond acceptors (Lipinski definition) is 6. The molecule has 1 heterocycles. The number of sulfonamides is 1. The first kappa shape index (κ1) is 24.6.